The van der Waals surface area contributed by atoms with Gasteiger partial charge in [0.25, 0.3) is 0 Å². The maximum absolute atomic E-state index is 4.60. The van der Waals surface area contributed by atoms with Crippen molar-refractivity contribution in [3.8, 4) is 0 Å². The fourth-order valence-electron chi connectivity index (χ4n) is 2.17. The number of likely N-dealkylation sites (N-methyl/N-ethyl adjacent to an activating group) is 1. The molecule has 0 aromatic carbocycles. The normalized spacial score (nSPS) is 32.5. The molecule has 13 heavy (non-hydrogen) atoms. The Morgan fingerprint density at radius 3 is 2.54 bits per heavy atom. The van der Waals surface area contributed by atoms with E-state index < -0.39 is 0 Å². The Hall–Kier alpha value is 0.543. The van der Waals surface area contributed by atoms with Gasteiger partial charge in [0.15, 0.2) is 0 Å². The van der Waals surface area contributed by atoms with E-state index in [4.69, 9.17) is 0 Å². The predicted molar refractivity (Wildman–Crippen MR) is 53.6 cm³/mol. The summed E-state index contributed by atoms with van der Waals surface area (Å²) in [6, 6.07) is 0.693. The van der Waals surface area contributed by atoms with Gasteiger partial charge in [0.05, 0.1) is 0 Å². The fourth-order valence-corrected chi connectivity index (χ4v) is 2.17. The molecule has 2 heterocycles. The Kier molecular flexibility index (Phi) is 7.21. The van der Waals surface area contributed by atoms with E-state index in [0.29, 0.717) is 6.04 Å². The molecule has 0 aliphatic carbocycles. The van der Waals surface area contributed by atoms with E-state index in [2.05, 4.69) is 17.3 Å². The summed E-state index contributed by atoms with van der Waals surface area (Å²) in [5.41, 5.74) is 0. The van der Waals surface area contributed by atoms with Crippen LogP contribution in [-0.2, 0) is 19.5 Å². The zero-order valence-electron chi connectivity index (χ0n) is 8.94. The summed E-state index contributed by atoms with van der Waals surface area (Å²) in [5, 5.41) is 4.60. The van der Waals surface area contributed by atoms with Gasteiger partial charge in [0, 0.05) is 0 Å². The summed E-state index contributed by atoms with van der Waals surface area (Å²) in [5.74, 6) is 0.902. The van der Waals surface area contributed by atoms with Crippen LogP contribution in [0.25, 0.3) is 5.32 Å². The topological polar surface area (TPSA) is 17.3 Å². The van der Waals surface area contributed by atoms with Crippen LogP contribution in [0.4, 0.5) is 0 Å². The Morgan fingerprint density at radius 1 is 1.23 bits per heavy atom. The molecule has 2 fully saturated rings. The van der Waals surface area contributed by atoms with Crippen molar-refractivity contribution in [2.45, 2.75) is 32.7 Å². The van der Waals surface area contributed by atoms with Crippen LogP contribution in [0.2, 0.25) is 0 Å². The van der Waals surface area contributed by atoms with Crippen LogP contribution in [0.1, 0.15) is 26.7 Å². The molecule has 0 N–H and O–H groups in total. The molecule has 0 aromatic rings. The molecule has 1 radical (unpaired) electrons. The van der Waals surface area contributed by atoms with Crippen molar-refractivity contribution in [2.24, 2.45) is 5.92 Å². The molecule has 2 rings (SSSR count). The molecule has 0 amide bonds. The van der Waals surface area contributed by atoms with Crippen molar-refractivity contribution < 1.29 is 19.5 Å². The second-order valence-electron chi connectivity index (χ2n) is 3.60. The third kappa shape index (κ3) is 3.65. The molecule has 2 saturated heterocycles. The maximum atomic E-state index is 4.60. The molecule has 0 aromatic heterocycles. The number of rotatable bonds is 0. The Labute approximate surface area is 95.2 Å². The first kappa shape index (κ1) is 13.5. The van der Waals surface area contributed by atoms with Gasteiger partial charge in [-0.25, -0.2) is 0 Å². The molecule has 0 saturated carbocycles. The smallest absolute Gasteiger partial charge is 0.658 e. The zero-order valence-corrected chi connectivity index (χ0v) is 10.7. The van der Waals surface area contributed by atoms with E-state index in [0.717, 1.165) is 12.5 Å². The van der Waals surface area contributed by atoms with Crippen molar-refractivity contribution in [3.63, 3.8) is 0 Å². The van der Waals surface area contributed by atoms with Gasteiger partial charge in [-0.05, 0) is 26.1 Å². The van der Waals surface area contributed by atoms with E-state index in [-0.39, 0.29) is 19.5 Å². The molecule has 2 aliphatic rings. The Morgan fingerprint density at radius 2 is 1.92 bits per heavy atom. The van der Waals surface area contributed by atoms with Crippen LogP contribution in [0.5, 0.6) is 0 Å². The average Bonchev–Trinajstić information content (AvgIpc) is 2.48. The standard InChI is InChI=1S/C8H15N2.C2H6.Ru/c1-10-5-7-3-2-4-9-8(7)6-10;1-2;/h7-8H,2-6H2,1H3;1-2H3;/q-1;;+1. The number of likely N-dealkylation sites (tertiary alicyclic amines) is 1. The second kappa shape index (κ2) is 6.92. The van der Waals surface area contributed by atoms with Gasteiger partial charge >= 0.3 is 19.5 Å². The number of piperidine rings is 1. The third-order valence-corrected chi connectivity index (χ3v) is 2.69. The Balaban J connectivity index is 0.000000451. The first-order valence-corrected chi connectivity index (χ1v) is 5.21. The molecule has 0 bridgehead atoms. The van der Waals surface area contributed by atoms with Crippen LogP contribution in [0.15, 0.2) is 0 Å². The molecule has 2 unspecified atom stereocenters. The summed E-state index contributed by atoms with van der Waals surface area (Å²) in [6.45, 7) is 7.62. The number of nitrogens with zero attached hydrogens (tertiary/aromatic N) is 2. The first-order chi connectivity index (χ1) is 5.86. The van der Waals surface area contributed by atoms with Crippen molar-refractivity contribution >= 4 is 0 Å². The second-order valence-corrected chi connectivity index (χ2v) is 3.60. The molecule has 2 atom stereocenters. The molecule has 0 spiro atoms. The summed E-state index contributed by atoms with van der Waals surface area (Å²) < 4.78 is 0. The predicted octanol–water partition coefficient (Wildman–Crippen LogP) is 2.11. The monoisotopic (exact) mass is 271 g/mol. The minimum atomic E-state index is 0. The van der Waals surface area contributed by atoms with Crippen LogP contribution < -0.4 is 0 Å². The summed E-state index contributed by atoms with van der Waals surface area (Å²) in [7, 11) is 2.20. The minimum Gasteiger partial charge on any atom is -0.658 e. The zero-order chi connectivity index (χ0) is 8.97. The van der Waals surface area contributed by atoms with Crippen molar-refractivity contribution in [1.29, 1.82) is 0 Å². The van der Waals surface area contributed by atoms with Crippen LogP contribution in [0.3, 0.4) is 0 Å². The quantitative estimate of drug-likeness (QED) is 0.616. The van der Waals surface area contributed by atoms with E-state index in [1.807, 2.05) is 13.8 Å². The largest absolute Gasteiger partial charge is 1.00 e. The van der Waals surface area contributed by atoms with E-state index in [1.54, 1.807) is 0 Å². The molecule has 2 nitrogen and oxygen atoms in total. The van der Waals surface area contributed by atoms with Crippen molar-refractivity contribution in [1.82, 2.24) is 4.90 Å². The van der Waals surface area contributed by atoms with Crippen molar-refractivity contribution in [3.05, 3.63) is 5.32 Å². The fraction of sp³-hybridized carbons (Fsp3) is 1.00. The molecular weight excluding hydrogens is 249 g/mol. The van der Waals surface area contributed by atoms with E-state index in [9.17, 15) is 0 Å². The molecule has 3 heteroatoms. The maximum Gasteiger partial charge on any atom is 1.00 e. The number of hydrogen-bond acceptors (Lipinski definition) is 1. The molecule has 2 aliphatic heterocycles. The van der Waals surface area contributed by atoms with Gasteiger partial charge in [-0.15, -0.1) is 12.6 Å². The Bertz CT molecular complexity index is 116. The number of hydrogen-bond donors (Lipinski definition) is 0. The van der Waals surface area contributed by atoms with E-state index in [1.165, 1.54) is 25.9 Å². The van der Waals surface area contributed by atoms with Gasteiger partial charge in [0.1, 0.15) is 0 Å². The molecular formula is C10H21N2Ru. The summed E-state index contributed by atoms with van der Waals surface area (Å²) in [4.78, 5) is 2.41. The van der Waals surface area contributed by atoms with Crippen LogP contribution in [-0.4, -0.2) is 37.6 Å². The summed E-state index contributed by atoms with van der Waals surface area (Å²) in [6.07, 6.45) is 2.74. The summed E-state index contributed by atoms with van der Waals surface area (Å²) >= 11 is 0. The van der Waals surface area contributed by atoms with Gasteiger partial charge in [-0.1, -0.05) is 26.7 Å². The van der Waals surface area contributed by atoms with Gasteiger partial charge < -0.3 is 10.2 Å². The molecule has 79 valence electrons. The SMILES string of the molecule is CC.CN1CC2CCC[N-]C2C1.[Ru+]. The van der Waals surface area contributed by atoms with Crippen LogP contribution >= 0.6 is 0 Å². The van der Waals surface area contributed by atoms with Gasteiger partial charge in [-0.3, -0.25) is 0 Å². The minimum absolute atomic E-state index is 0. The third-order valence-electron chi connectivity index (χ3n) is 2.69. The first-order valence-electron chi connectivity index (χ1n) is 5.21. The van der Waals surface area contributed by atoms with E-state index >= 15 is 0 Å². The van der Waals surface area contributed by atoms with Crippen LogP contribution in [0, 0.1) is 5.92 Å². The average molecular weight is 270 g/mol. The van der Waals surface area contributed by atoms with Crippen molar-refractivity contribution in [2.75, 3.05) is 26.7 Å². The number of fused-ring (bicyclic) bond motifs is 1. The van der Waals surface area contributed by atoms with Gasteiger partial charge in [-0.2, -0.15) is 0 Å². The van der Waals surface area contributed by atoms with Gasteiger partial charge in [0.2, 0.25) is 0 Å².